The number of aromatic nitrogens is 1. The van der Waals surface area contributed by atoms with Crippen LogP contribution in [-0.4, -0.2) is 16.1 Å². The Hall–Kier alpha value is -0.900. The van der Waals surface area contributed by atoms with Gasteiger partial charge in [-0.15, -0.1) is 11.3 Å². The minimum Gasteiger partial charge on any atom is -0.481 e. The molecule has 0 amide bonds. The van der Waals surface area contributed by atoms with Crippen molar-refractivity contribution in [2.45, 2.75) is 57.3 Å². The number of hydrogen-bond donors (Lipinski definition) is 1. The zero-order valence-electron chi connectivity index (χ0n) is 10.5. The van der Waals surface area contributed by atoms with E-state index in [0.29, 0.717) is 5.92 Å². The van der Waals surface area contributed by atoms with Gasteiger partial charge in [-0.05, 0) is 51.4 Å². The van der Waals surface area contributed by atoms with Crippen molar-refractivity contribution >= 4 is 17.3 Å². The number of aliphatic carboxylic acids is 1. The molecule has 2 aliphatic rings. The summed E-state index contributed by atoms with van der Waals surface area (Å²) in [6, 6.07) is 0. The van der Waals surface area contributed by atoms with Crippen molar-refractivity contribution in [2.24, 2.45) is 5.92 Å². The van der Waals surface area contributed by atoms with Crippen LogP contribution in [0.3, 0.4) is 0 Å². The van der Waals surface area contributed by atoms with Crippen molar-refractivity contribution in [3.8, 4) is 0 Å². The van der Waals surface area contributed by atoms with E-state index in [2.05, 4.69) is 0 Å². The van der Waals surface area contributed by atoms with Crippen LogP contribution in [0.2, 0.25) is 0 Å². The fourth-order valence-electron chi connectivity index (χ4n) is 3.13. The van der Waals surface area contributed by atoms with E-state index in [1.54, 1.807) is 0 Å². The molecule has 2 aliphatic carbocycles. The van der Waals surface area contributed by atoms with Gasteiger partial charge in [0.05, 0.1) is 16.6 Å². The quantitative estimate of drug-likeness (QED) is 0.891. The predicted octanol–water partition coefficient (Wildman–Crippen LogP) is 3.38. The second-order valence-corrected chi connectivity index (χ2v) is 6.63. The van der Waals surface area contributed by atoms with Gasteiger partial charge in [-0.3, -0.25) is 4.79 Å². The molecule has 0 unspecified atom stereocenters. The summed E-state index contributed by atoms with van der Waals surface area (Å²) in [6.07, 6.45) is 8.59. The first-order valence-corrected chi connectivity index (χ1v) is 7.77. The molecular formula is C14H19NO2S. The summed E-state index contributed by atoms with van der Waals surface area (Å²) in [5, 5.41) is 10.3. The highest BCUT2D eigenvalue weighted by Gasteiger charge is 2.29. The molecule has 0 aromatic carbocycles. The third-order valence-electron chi connectivity index (χ3n) is 4.29. The number of aryl methyl sites for hydroxylation is 2. The first kappa shape index (κ1) is 12.2. The number of hydrogen-bond acceptors (Lipinski definition) is 3. The molecule has 0 atom stereocenters. The zero-order valence-corrected chi connectivity index (χ0v) is 11.3. The van der Waals surface area contributed by atoms with E-state index in [1.807, 2.05) is 11.3 Å². The molecule has 0 bridgehead atoms. The lowest BCUT2D eigenvalue weighted by Gasteiger charge is -2.24. The first-order valence-electron chi connectivity index (χ1n) is 6.95. The smallest absolute Gasteiger partial charge is 0.306 e. The van der Waals surface area contributed by atoms with Crippen molar-refractivity contribution in [1.29, 1.82) is 0 Å². The zero-order chi connectivity index (χ0) is 12.5. The highest BCUT2D eigenvalue weighted by molar-refractivity contribution is 7.11. The standard InChI is InChI=1S/C14H19NO2S/c16-14(17)10-7-5-9(6-8-10)13-15-11-3-1-2-4-12(11)18-13/h9-10H,1-8H2,(H,16,17). The second-order valence-electron chi connectivity index (χ2n) is 5.52. The van der Waals surface area contributed by atoms with Crippen molar-refractivity contribution < 1.29 is 9.90 Å². The van der Waals surface area contributed by atoms with E-state index >= 15 is 0 Å². The molecule has 1 fully saturated rings. The molecule has 1 aromatic heterocycles. The summed E-state index contributed by atoms with van der Waals surface area (Å²) in [5.41, 5.74) is 1.33. The summed E-state index contributed by atoms with van der Waals surface area (Å²) >= 11 is 1.89. The van der Waals surface area contributed by atoms with Crippen molar-refractivity contribution in [1.82, 2.24) is 4.98 Å². The number of thiazole rings is 1. The van der Waals surface area contributed by atoms with Gasteiger partial charge in [0, 0.05) is 10.8 Å². The lowest BCUT2D eigenvalue weighted by molar-refractivity contribution is -0.142. The number of carboxylic acids is 1. The first-order chi connectivity index (χ1) is 8.74. The third-order valence-corrected chi connectivity index (χ3v) is 5.61. The number of fused-ring (bicyclic) bond motifs is 1. The molecule has 3 rings (SSSR count). The summed E-state index contributed by atoms with van der Waals surface area (Å²) < 4.78 is 0. The molecule has 3 nitrogen and oxygen atoms in total. The maximum absolute atomic E-state index is 10.9. The molecule has 1 saturated carbocycles. The maximum atomic E-state index is 10.9. The van der Waals surface area contributed by atoms with Gasteiger partial charge in [0.2, 0.25) is 0 Å². The van der Waals surface area contributed by atoms with Gasteiger partial charge in [0.25, 0.3) is 0 Å². The molecule has 1 aromatic rings. The second kappa shape index (κ2) is 5.00. The summed E-state index contributed by atoms with van der Waals surface area (Å²) in [5.74, 6) is -0.209. The maximum Gasteiger partial charge on any atom is 0.306 e. The van der Waals surface area contributed by atoms with Crippen LogP contribution in [0.15, 0.2) is 0 Å². The molecule has 4 heteroatoms. The van der Waals surface area contributed by atoms with E-state index in [9.17, 15) is 4.79 Å². The molecule has 0 aliphatic heterocycles. The van der Waals surface area contributed by atoms with Gasteiger partial charge < -0.3 is 5.11 Å². The highest BCUT2D eigenvalue weighted by Crippen LogP contribution is 2.39. The van der Waals surface area contributed by atoms with Gasteiger partial charge in [-0.25, -0.2) is 4.98 Å². The van der Waals surface area contributed by atoms with Crippen molar-refractivity contribution in [2.75, 3.05) is 0 Å². The minimum absolute atomic E-state index is 0.115. The van der Waals surface area contributed by atoms with Crippen LogP contribution in [0.5, 0.6) is 0 Å². The van der Waals surface area contributed by atoms with Gasteiger partial charge in [0.1, 0.15) is 0 Å². The molecule has 18 heavy (non-hydrogen) atoms. The van der Waals surface area contributed by atoms with Crippen LogP contribution in [0.4, 0.5) is 0 Å². The van der Waals surface area contributed by atoms with E-state index in [4.69, 9.17) is 10.1 Å². The van der Waals surface area contributed by atoms with Crippen molar-refractivity contribution in [3.05, 3.63) is 15.6 Å². The SMILES string of the molecule is O=C(O)C1CCC(c2nc3c(s2)CCCC3)CC1. The minimum atomic E-state index is -0.619. The molecule has 0 radical (unpaired) electrons. The Morgan fingerprint density at radius 2 is 1.89 bits per heavy atom. The molecule has 1 heterocycles. The lowest BCUT2D eigenvalue weighted by atomic mass is 9.82. The van der Waals surface area contributed by atoms with E-state index in [1.165, 1.54) is 34.8 Å². The average molecular weight is 265 g/mol. The molecule has 0 spiro atoms. The van der Waals surface area contributed by atoms with Crippen LogP contribution in [0.25, 0.3) is 0 Å². The Balaban J connectivity index is 1.69. The van der Waals surface area contributed by atoms with Crippen LogP contribution in [-0.2, 0) is 17.6 Å². The van der Waals surface area contributed by atoms with Gasteiger partial charge in [0.15, 0.2) is 0 Å². The summed E-state index contributed by atoms with van der Waals surface area (Å²) in [7, 11) is 0. The summed E-state index contributed by atoms with van der Waals surface area (Å²) in [4.78, 5) is 17.3. The Morgan fingerprint density at radius 3 is 2.56 bits per heavy atom. The average Bonchev–Trinajstić information content (AvgIpc) is 2.82. The third kappa shape index (κ3) is 2.30. The van der Waals surface area contributed by atoms with Gasteiger partial charge in [-0.1, -0.05) is 0 Å². The number of rotatable bonds is 2. The normalized spacial score (nSPS) is 27.8. The topological polar surface area (TPSA) is 50.2 Å². The Labute approximate surface area is 111 Å². The summed E-state index contributed by atoms with van der Waals surface area (Å²) in [6.45, 7) is 0. The predicted molar refractivity (Wildman–Crippen MR) is 71.1 cm³/mol. The van der Waals surface area contributed by atoms with Crippen molar-refractivity contribution in [3.63, 3.8) is 0 Å². The fraction of sp³-hybridized carbons (Fsp3) is 0.714. The van der Waals surface area contributed by atoms with E-state index in [-0.39, 0.29) is 5.92 Å². The van der Waals surface area contributed by atoms with Crippen LogP contribution < -0.4 is 0 Å². The molecule has 0 saturated heterocycles. The number of carbonyl (C=O) groups is 1. The monoisotopic (exact) mass is 265 g/mol. The lowest BCUT2D eigenvalue weighted by Crippen LogP contribution is -2.20. The van der Waals surface area contributed by atoms with Crippen LogP contribution in [0, 0.1) is 5.92 Å². The van der Waals surface area contributed by atoms with E-state index < -0.39 is 5.97 Å². The van der Waals surface area contributed by atoms with Crippen LogP contribution >= 0.6 is 11.3 Å². The largest absolute Gasteiger partial charge is 0.481 e. The number of carboxylic acid groups (broad SMARTS) is 1. The number of nitrogens with zero attached hydrogens (tertiary/aromatic N) is 1. The van der Waals surface area contributed by atoms with E-state index in [0.717, 1.165) is 32.1 Å². The van der Waals surface area contributed by atoms with Crippen LogP contribution in [0.1, 0.15) is 60.0 Å². The highest BCUT2D eigenvalue weighted by atomic mass is 32.1. The molecule has 98 valence electrons. The Morgan fingerprint density at radius 1 is 1.17 bits per heavy atom. The fourth-order valence-corrected chi connectivity index (χ4v) is 4.46. The van der Waals surface area contributed by atoms with Gasteiger partial charge >= 0.3 is 5.97 Å². The molecular weight excluding hydrogens is 246 g/mol. The van der Waals surface area contributed by atoms with Gasteiger partial charge in [-0.2, -0.15) is 0 Å². The molecule has 1 N–H and O–H groups in total. The Bertz CT molecular complexity index is 423. The Kier molecular flexibility index (Phi) is 3.37.